The summed E-state index contributed by atoms with van der Waals surface area (Å²) in [6.45, 7) is 6.69. The van der Waals surface area contributed by atoms with Gasteiger partial charge in [0.15, 0.2) is 0 Å². The summed E-state index contributed by atoms with van der Waals surface area (Å²) in [5.74, 6) is 0.0369. The van der Waals surface area contributed by atoms with Gasteiger partial charge in [0.25, 0.3) is 0 Å². The summed E-state index contributed by atoms with van der Waals surface area (Å²) in [5.41, 5.74) is 6.53. The second-order valence-electron chi connectivity index (χ2n) is 10.7. The first-order valence-corrected chi connectivity index (χ1v) is 14.5. The van der Waals surface area contributed by atoms with Gasteiger partial charge in [-0.1, -0.05) is 48.5 Å². The van der Waals surface area contributed by atoms with Gasteiger partial charge in [0.1, 0.15) is 0 Å². The Bertz CT molecular complexity index is 1370. The van der Waals surface area contributed by atoms with Gasteiger partial charge in [0, 0.05) is 56.2 Å². The molecule has 7 nitrogen and oxygen atoms in total. The van der Waals surface area contributed by atoms with E-state index in [2.05, 4.69) is 86.7 Å². The number of aromatic nitrogens is 2. The number of benzene rings is 3. The number of carbonyl (C=O) groups is 1. The molecule has 7 heteroatoms. The van der Waals surface area contributed by atoms with Crippen LogP contribution in [0.1, 0.15) is 25.0 Å². The highest BCUT2D eigenvalue weighted by molar-refractivity contribution is 5.78. The monoisotopic (exact) mass is 534 g/mol. The molecule has 0 unspecified atom stereocenters. The van der Waals surface area contributed by atoms with Crippen molar-refractivity contribution < 1.29 is 4.79 Å². The van der Waals surface area contributed by atoms with E-state index in [1.807, 2.05) is 28.9 Å². The molecule has 2 fully saturated rings. The van der Waals surface area contributed by atoms with Crippen LogP contribution in [0.5, 0.6) is 0 Å². The number of hydrogen-bond acceptors (Lipinski definition) is 5. The van der Waals surface area contributed by atoms with E-state index in [1.54, 1.807) is 0 Å². The zero-order valence-corrected chi connectivity index (χ0v) is 23.1. The second-order valence-corrected chi connectivity index (χ2v) is 10.7. The first-order valence-electron chi connectivity index (χ1n) is 14.5. The molecule has 0 spiro atoms. The zero-order chi connectivity index (χ0) is 27.1. The Morgan fingerprint density at radius 3 is 1.95 bits per heavy atom. The third-order valence-corrected chi connectivity index (χ3v) is 7.97. The molecule has 0 bridgehead atoms. The minimum atomic E-state index is 0.0369. The summed E-state index contributed by atoms with van der Waals surface area (Å²) in [7, 11) is 0. The van der Waals surface area contributed by atoms with Crippen molar-refractivity contribution in [1.82, 2.24) is 20.0 Å². The molecule has 0 atom stereocenters. The summed E-state index contributed by atoms with van der Waals surface area (Å²) in [5, 5.41) is 8.01. The average Bonchev–Trinajstić information content (AvgIpc) is 3.46. The van der Waals surface area contributed by atoms with Crippen LogP contribution in [0.2, 0.25) is 0 Å². The Balaban J connectivity index is 1.10. The number of nitrogens with one attached hydrogen (secondary N) is 1. The maximum absolute atomic E-state index is 12.8. The van der Waals surface area contributed by atoms with E-state index >= 15 is 0 Å². The maximum atomic E-state index is 12.8. The minimum Gasteiger partial charge on any atom is -0.372 e. The lowest BCUT2D eigenvalue weighted by Crippen LogP contribution is -2.49. The summed E-state index contributed by atoms with van der Waals surface area (Å²) in [4.78, 5) is 19.9. The van der Waals surface area contributed by atoms with Gasteiger partial charge in [-0.15, -0.1) is 0 Å². The normalized spacial score (nSPS) is 16.2. The Morgan fingerprint density at radius 1 is 0.675 bits per heavy atom. The van der Waals surface area contributed by atoms with E-state index in [0.717, 1.165) is 61.9 Å². The van der Waals surface area contributed by atoms with E-state index in [1.165, 1.54) is 30.6 Å². The van der Waals surface area contributed by atoms with Crippen LogP contribution in [-0.4, -0.2) is 66.4 Å². The first kappa shape index (κ1) is 26.1. The van der Waals surface area contributed by atoms with Crippen molar-refractivity contribution in [2.45, 2.75) is 25.8 Å². The van der Waals surface area contributed by atoms with Gasteiger partial charge in [-0.3, -0.25) is 9.69 Å². The van der Waals surface area contributed by atoms with Crippen molar-refractivity contribution in [3.05, 3.63) is 96.7 Å². The molecule has 4 aromatic rings. The van der Waals surface area contributed by atoms with Crippen LogP contribution in [0.25, 0.3) is 16.9 Å². The number of piperidine rings is 1. The fourth-order valence-electron chi connectivity index (χ4n) is 5.73. The van der Waals surface area contributed by atoms with Crippen LogP contribution in [0.3, 0.4) is 0 Å². The highest BCUT2D eigenvalue weighted by Crippen LogP contribution is 2.28. The van der Waals surface area contributed by atoms with Gasteiger partial charge in [0.05, 0.1) is 30.2 Å². The van der Waals surface area contributed by atoms with Crippen molar-refractivity contribution in [2.75, 3.05) is 55.6 Å². The standard InChI is InChI=1S/C33H38N6O/c40-33(26-36-20-22-38(23-21-36)29-10-4-1-5-11-29)34-25-28-24-32(39(35-28)31-12-6-2-7-13-31)27-14-16-30(17-15-27)37-18-8-3-9-19-37/h1-2,4-7,10-17,24H,3,8-9,18-23,25-26H2,(H,34,40). The molecule has 40 heavy (non-hydrogen) atoms. The quantitative estimate of drug-likeness (QED) is 0.346. The number of hydrogen-bond donors (Lipinski definition) is 1. The third-order valence-electron chi connectivity index (χ3n) is 7.97. The molecule has 1 aromatic heterocycles. The smallest absolute Gasteiger partial charge is 0.234 e. The Morgan fingerprint density at radius 2 is 1.27 bits per heavy atom. The van der Waals surface area contributed by atoms with Crippen molar-refractivity contribution >= 4 is 17.3 Å². The lowest BCUT2D eigenvalue weighted by molar-refractivity contribution is -0.122. The molecule has 1 N–H and O–H groups in total. The predicted molar refractivity (Wildman–Crippen MR) is 162 cm³/mol. The molecule has 206 valence electrons. The molecule has 3 heterocycles. The van der Waals surface area contributed by atoms with Gasteiger partial charge in [-0.25, -0.2) is 4.68 Å². The van der Waals surface area contributed by atoms with Gasteiger partial charge in [0.2, 0.25) is 5.91 Å². The highest BCUT2D eigenvalue weighted by Gasteiger charge is 2.20. The van der Waals surface area contributed by atoms with Crippen LogP contribution in [0.4, 0.5) is 11.4 Å². The predicted octanol–water partition coefficient (Wildman–Crippen LogP) is 4.97. The van der Waals surface area contributed by atoms with Gasteiger partial charge < -0.3 is 15.1 Å². The average molecular weight is 535 g/mol. The molecule has 0 saturated carbocycles. The van der Waals surface area contributed by atoms with E-state index in [9.17, 15) is 4.79 Å². The minimum absolute atomic E-state index is 0.0369. The van der Waals surface area contributed by atoms with Crippen molar-refractivity contribution in [3.63, 3.8) is 0 Å². The zero-order valence-electron chi connectivity index (χ0n) is 23.1. The van der Waals surface area contributed by atoms with Gasteiger partial charge in [-0.2, -0.15) is 5.10 Å². The number of piperazine rings is 1. The molecular formula is C33H38N6O. The number of amides is 1. The number of nitrogens with zero attached hydrogens (tertiary/aromatic N) is 5. The van der Waals surface area contributed by atoms with Crippen LogP contribution in [-0.2, 0) is 11.3 Å². The SMILES string of the molecule is O=C(CN1CCN(c2ccccc2)CC1)NCc1cc(-c2ccc(N3CCCCC3)cc2)n(-c2ccccc2)n1. The number of carbonyl (C=O) groups excluding carboxylic acids is 1. The van der Waals surface area contributed by atoms with E-state index in [0.29, 0.717) is 13.1 Å². The second kappa shape index (κ2) is 12.4. The number of para-hydroxylation sites is 2. The van der Waals surface area contributed by atoms with Crippen LogP contribution < -0.4 is 15.1 Å². The largest absolute Gasteiger partial charge is 0.372 e. The van der Waals surface area contributed by atoms with E-state index in [4.69, 9.17) is 5.10 Å². The lowest BCUT2D eigenvalue weighted by Gasteiger charge is -2.35. The summed E-state index contributed by atoms with van der Waals surface area (Å²) >= 11 is 0. The molecule has 6 rings (SSSR count). The van der Waals surface area contributed by atoms with E-state index in [-0.39, 0.29) is 5.91 Å². The van der Waals surface area contributed by atoms with Crippen LogP contribution in [0, 0.1) is 0 Å². The number of anilines is 2. The van der Waals surface area contributed by atoms with Crippen LogP contribution in [0.15, 0.2) is 91.0 Å². The van der Waals surface area contributed by atoms with Gasteiger partial charge in [-0.05, 0) is 61.7 Å². The van der Waals surface area contributed by atoms with Crippen molar-refractivity contribution in [3.8, 4) is 16.9 Å². The summed E-state index contributed by atoms with van der Waals surface area (Å²) in [6.07, 6.45) is 3.86. The fraction of sp³-hybridized carbons (Fsp3) is 0.333. The Hall–Kier alpha value is -4.10. The van der Waals surface area contributed by atoms with Gasteiger partial charge >= 0.3 is 0 Å². The lowest BCUT2D eigenvalue weighted by atomic mass is 10.1. The molecule has 2 saturated heterocycles. The Labute approximate surface area is 237 Å². The fourth-order valence-corrected chi connectivity index (χ4v) is 5.73. The van der Waals surface area contributed by atoms with Crippen molar-refractivity contribution in [2.24, 2.45) is 0 Å². The Kier molecular flexibility index (Phi) is 8.10. The maximum Gasteiger partial charge on any atom is 0.234 e. The molecule has 0 aliphatic carbocycles. The van der Waals surface area contributed by atoms with Crippen LogP contribution >= 0.6 is 0 Å². The topological polar surface area (TPSA) is 56.6 Å². The number of rotatable bonds is 8. The molecule has 0 radical (unpaired) electrons. The molecule has 3 aromatic carbocycles. The first-order chi connectivity index (χ1) is 19.7. The molecule has 2 aliphatic heterocycles. The summed E-state index contributed by atoms with van der Waals surface area (Å²) in [6, 6.07) is 31.6. The highest BCUT2D eigenvalue weighted by atomic mass is 16.2. The van der Waals surface area contributed by atoms with E-state index < -0.39 is 0 Å². The summed E-state index contributed by atoms with van der Waals surface area (Å²) < 4.78 is 1.99. The molecular weight excluding hydrogens is 496 g/mol. The molecule has 2 aliphatic rings. The third kappa shape index (κ3) is 6.20. The van der Waals surface area contributed by atoms with Crippen molar-refractivity contribution in [1.29, 1.82) is 0 Å². The molecule has 1 amide bonds.